The number of methoxy groups -OCH3 is 1. The van der Waals surface area contributed by atoms with E-state index in [1.807, 2.05) is 44.4 Å². The number of aliphatic hydroxyl groups is 1. The molecule has 9 heteroatoms. The van der Waals surface area contributed by atoms with Crippen molar-refractivity contribution >= 4 is 29.0 Å². The van der Waals surface area contributed by atoms with Crippen molar-refractivity contribution in [1.82, 2.24) is 14.3 Å². The van der Waals surface area contributed by atoms with Gasteiger partial charge in [-0.2, -0.15) is 0 Å². The van der Waals surface area contributed by atoms with Gasteiger partial charge in [0.2, 0.25) is 0 Å². The van der Waals surface area contributed by atoms with Gasteiger partial charge in [0.1, 0.15) is 17.0 Å². The number of benzene rings is 1. The molecule has 4 rings (SSSR count). The van der Waals surface area contributed by atoms with Gasteiger partial charge in [-0.1, -0.05) is 11.6 Å². The molecule has 34 heavy (non-hydrogen) atoms. The number of aromatic nitrogens is 2. The number of amides is 1. The third-order valence-electron chi connectivity index (χ3n) is 5.95. The fraction of sp³-hybridized carbons (Fsp3) is 0.440. The number of rotatable bonds is 4. The number of pyridine rings is 1. The molecule has 0 radical (unpaired) electrons. The topological polar surface area (TPSA) is 79.5 Å². The van der Waals surface area contributed by atoms with Crippen LogP contribution in [0.1, 0.15) is 32.0 Å². The Morgan fingerprint density at radius 3 is 2.50 bits per heavy atom. The zero-order valence-corrected chi connectivity index (χ0v) is 21.0. The molecule has 0 bridgehead atoms. The summed E-state index contributed by atoms with van der Waals surface area (Å²) < 4.78 is 12.8. The zero-order chi connectivity index (χ0) is 24.6. The predicted octanol–water partition coefficient (Wildman–Crippen LogP) is 4.52. The van der Waals surface area contributed by atoms with Crippen LogP contribution in [0, 0.1) is 6.92 Å². The number of ether oxygens (including phenoxy) is 2. The molecular weight excluding hydrogens is 456 g/mol. The quantitative estimate of drug-likeness (QED) is 0.584. The monoisotopic (exact) mass is 486 g/mol. The molecule has 2 aromatic heterocycles. The Balaban J connectivity index is 1.58. The van der Waals surface area contributed by atoms with Crippen LogP contribution in [-0.4, -0.2) is 64.4 Å². The minimum Gasteiger partial charge on any atom is -0.495 e. The van der Waals surface area contributed by atoms with Gasteiger partial charge in [0, 0.05) is 55.4 Å². The fourth-order valence-electron chi connectivity index (χ4n) is 4.19. The highest BCUT2D eigenvalue weighted by Crippen LogP contribution is 2.35. The first-order valence-electron chi connectivity index (χ1n) is 11.3. The van der Waals surface area contributed by atoms with Gasteiger partial charge in [-0.15, -0.1) is 0 Å². The van der Waals surface area contributed by atoms with Crippen LogP contribution in [0.4, 0.5) is 10.5 Å². The van der Waals surface area contributed by atoms with Crippen molar-refractivity contribution in [2.75, 3.05) is 38.2 Å². The number of halogens is 1. The summed E-state index contributed by atoms with van der Waals surface area (Å²) in [6.45, 7) is 10.1. The van der Waals surface area contributed by atoms with Gasteiger partial charge in [0.15, 0.2) is 0 Å². The maximum absolute atomic E-state index is 12.4. The van der Waals surface area contributed by atoms with Crippen LogP contribution in [0.25, 0.3) is 16.9 Å². The van der Waals surface area contributed by atoms with E-state index < -0.39 is 5.60 Å². The third-order valence-corrected chi connectivity index (χ3v) is 6.24. The summed E-state index contributed by atoms with van der Waals surface area (Å²) in [5.74, 6) is 0.517. The molecule has 1 N–H and O–H groups in total. The van der Waals surface area contributed by atoms with E-state index in [0.717, 1.165) is 28.3 Å². The van der Waals surface area contributed by atoms with Crippen molar-refractivity contribution in [3.05, 3.63) is 46.7 Å². The van der Waals surface area contributed by atoms with E-state index in [1.165, 1.54) is 0 Å². The molecule has 1 aromatic carbocycles. The number of fused-ring (bicyclic) bond motifs is 1. The van der Waals surface area contributed by atoms with Gasteiger partial charge < -0.3 is 28.8 Å². The number of hydrogen-bond donors (Lipinski definition) is 1. The highest BCUT2D eigenvalue weighted by molar-refractivity contribution is 6.32. The standard InChI is InChI=1S/C25H31ClN4O4/c1-16-23(19-14-20(26)21(33-5)12-17(19)15-31)27-22-13-18(6-7-30(16)22)28-8-10-29(11-9-28)24(32)34-25(2,3)4/h6-7,12-14,31H,8-11,15H2,1-5H3. The van der Waals surface area contributed by atoms with Gasteiger partial charge in [-0.25, -0.2) is 9.78 Å². The van der Waals surface area contributed by atoms with Crippen molar-refractivity contribution < 1.29 is 19.4 Å². The van der Waals surface area contributed by atoms with E-state index in [9.17, 15) is 9.90 Å². The maximum atomic E-state index is 12.4. The summed E-state index contributed by atoms with van der Waals surface area (Å²) in [5.41, 5.74) is 4.54. The van der Waals surface area contributed by atoms with Crippen molar-refractivity contribution in [1.29, 1.82) is 0 Å². The lowest BCUT2D eigenvalue weighted by molar-refractivity contribution is 0.0240. The molecule has 182 valence electrons. The van der Waals surface area contributed by atoms with Crippen LogP contribution in [0.2, 0.25) is 5.02 Å². The van der Waals surface area contributed by atoms with Crippen molar-refractivity contribution in [2.24, 2.45) is 0 Å². The molecule has 1 saturated heterocycles. The van der Waals surface area contributed by atoms with E-state index in [2.05, 4.69) is 11.0 Å². The number of nitrogens with zero attached hydrogens (tertiary/aromatic N) is 4. The first kappa shape index (κ1) is 24.2. The fourth-order valence-corrected chi connectivity index (χ4v) is 4.43. The molecule has 1 aliphatic rings. The van der Waals surface area contributed by atoms with Crippen LogP contribution in [0.3, 0.4) is 0 Å². The number of piperazine rings is 1. The molecule has 0 spiro atoms. The molecule has 0 unspecified atom stereocenters. The van der Waals surface area contributed by atoms with Crippen LogP contribution in [-0.2, 0) is 11.3 Å². The minimum atomic E-state index is -0.500. The van der Waals surface area contributed by atoms with E-state index >= 15 is 0 Å². The number of aryl methyl sites for hydroxylation is 1. The van der Waals surface area contributed by atoms with Gasteiger partial charge in [0.25, 0.3) is 0 Å². The van der Waals surface area contributed by atoms with Crippen molar-refractivity contribution in [3.63, 3.8) is 0 Å². The second-order valence-corrected chi connectivity index (χ2v) is 9.82. The molecule has 0 aliphatic carbocycles. The largest absolute Gasteiger partial charge is 0.495 e. The minimum absolute atomic E-state index is 0.149. The van der Waals surface area contributed by atoms with Crippen LogP contribution in [0.5, 0.6) is 5.75 Å². The highest BCUT2D eigenvalue weighted by Gasteiger charge is 2.26. The van der Waals surface area contributed by atoms with Gasteiger partial charge in [-0.05, 0) is 51.5 Å². The predicted molar refractivity (Wildman–Crippen MR) is 133 cm³/mol. The number of aliphatic hydroxyl groups excluding tert-OH is 1. The summed E-state index contributed by atoms with van der Waals surface area (Å²) in [4.78, 5) is 21.2. The highest BCUT2D eigenvalue weighted by atomic mass is 35.5. The molecule has 8 nitrogen and oxygen atoms in total. The second kappa shape index (κ2) is 9.35. The summed E-state index contributed by atoms with van der Waals surface area (Å²) in [7, 11) is 1.55. The number of anilines is 1. The lowest BCUT2D eigenvalue weighted by atomic mass is 10.0. The summed E-state index contributed by atoms with van der Waals surface area (Å²) in [6, 6.07) is 7.64. The van der Waals surface area contributed by atoms with Gasteiger partial charge in [0.05, 0.1) is 24.4 Å². The second-order valence-electron chi connectivity index (χ2n) is 9.42. The molecule has 3 heterocycles. The number of carbonyl (C=O) groups excluding carboxylic acids is 1. The number of carbonyl (C=O) groups is 1. The molecule has 1 amide bonds. The molecule has 1 aliphatic heterocycles. The van der Waals surface area contributed by atoms with Crippen molar-refractivity contribution in [2.45, 2.75) is 39.9 Å². The molecular formula is C25H31ClN4O4. The number of hydrogen-bond acceptors (Lipinski definition) is 6. The SMILES string of the molecule is COc1cc(CO)c(-c2nc3cc(N4CCN(C(=O)OC(C)(C)C)CC4)ccn3c2C)cc1Cl. The lowest BCUT2D eigenvalue weighted by Crippen LogP contribution is -2.50. The van der Waals surface area contributed by atoms with E-state index in [0.29, 0.717) is 42.5 Å². The molecule has 0 saturated carbocycles. The first-order chi connectivity index (χ1) is 16.1. The molecule has 0 atom stereocenters. The lowest BCUT2D eigenvalue weighted by Gasteiger charge is -2.36. The van der Waals surface area contributed by atoms with E-state index in [-0.39, 0.29) is 12.7 Å². The van der Waals surface area contributed by atoms with Crippen LogP contribution >= 0.6 is 11.6 Å². The Morgan fingerprint density at radius 2 is 1.88 bits per heavy atom. The molecule has 3 aromatic rings. The smallest absolute Gasteiger partial charge is 0.410 e. The molecule has 1 fully saturated rings. The number of imidazole rings is 1. The van der Waals surface area contributed by atoms with Crippen molar-refractivity contribution in [3.8, 4) is 17.0 Å². The van der Waals surface area contributed by atoms with E-state index in [4.69, 9.17) is 26.1 Å². The Hall–Kier alpha value is -2.97. The summed E-state index contributed by atoms with van der Waals surface area (Å²) >= 11 is 6.37. The zero-order valence-electron chi connectivity index (χ0n) is 20.3. The van der Waals surface area contributed by atoms with E-state index in [1.54, 1.807) is 24.1 Å². The van der Waals surface area contributed by atoms with Gasteiger partial charge >= 0.3 is 6.09 Å². The Bertz CT molecular complexity index is 1210. The normalized spacial score (nSPS) is 14.6. The average molecular weight is 487 g/mol. The van der Waals surface area contributed by atoms with Crippen LogP contribution < -0.4 is 9.64 Å². The maximum Gasteiger partial charge on any atom is 0.410 e. The summed E-state index contributed by atoms with van der Waals surface area (Å²) in [5, 5.41) is 10.4. The Kier molecular flexibility index (Phi) is 6.64. The average Bonchev–Trinajstić information content (AvgIpc) is 3.13. The third kappa shape index (κ3) is 4.79. The Labute approximate surface area is 204 Å². The summed E-state index contributed by atoms with van der Waals surface area (Å²) in [6.07, 6.45) is 1.73. The first-order valence-corrected chi connectivity index (χ1v) is 11.7. The Morgan fingerprint density at radius 1 is 1.18 bits per heavy atom. The van der Waals surface area contributed by atoms with Gasteiger partial charge in [-0.3, -0.25) is 0 Å². The van der Waals surface area contributed by atoms with Crippen LogP contribution in [0.15, 0.2) is 30.5 Å².